The summed E-state index contributed by atoms with van der Waals surface area (Å²) >= 11 is 0. The van der Waals surface area contributed by atoms with Crippen LogP contribution in [-0.2, 0) is 16.2 Å². The number of anilines is 1. The number of halogens is 3. The molecule has 0 aromatic heterocycles. The van der Waals surface area contributed by atoms with Crippen LogP contribution in [0.5, 0.6) is 0 Å². The van der Waals surface area contributed by atoms with Gasteiger partial charge in [-0.05, 0) is 41.5 Å². The predicted molar refractivity (Wildman–Crippen MR) is 151 cm³/mol. The Balaban J connectivity index is 1.33. The number of hydrogen-bond donors (Lipinski definition) is 1. The summed E-state index contributed by atoms with van der Waals surface area (Å²) in [6, 6.07) is 29.9. The normalized spacial score (nSPS) is 14.7. The van der Waals surface area contributed by atoms with Crippen LogP contribution < -0.4 is 4.72 Å². The zero-order valence-electron chi connectivity index (χ0n) is 22.0. The summed E-state index contributed by atoms with van der Waals surface area (Å²) in [6.45, 7) is 2.03. The van der Waals surface area contributed by atoms with Crippen LogP contribution >= 0.6 is 0 Å². The van der Waals surface area contributed by atoms with Gasteiger partial charge in [0.05, 0.1) is 27.8 Å². The molecule has 6 nitrogen and oxygen atoms in total. The van der Waals surface area contributed by atoms with E-state index in [1.807, 2.05) is 36.4 Å². The lowest BCUT2D eigenvalue weighted by molar-refractivity contribution is -0.137. The van der Waals surface area contributed by atoms with E-state index in [0.717, 1.165) is 29.3 Å². The van der Waals surface area contributed by atoms with E-state index in [1.165, 1.54) is 12.1 Å². The van der Waals surface area contributed by atoms with Gasteiger partial charge in [-0.3, -0.25) is 14.4 Å². The highest BCUT2D eigenvalue weighted by Gasteiger charge is 2.33. The number of carbonyl (C=O) groups is 1. The minimum atomic E-state index is -4.69. The van der Waals surface area contributed by atoms with Crippen LogP contribution in [-0.4, -0.2) is 50.3 Å². The molecule has 41 heavy (non-hydrogen) atoms. The second-order valence-corrected chi connectivity index (χ2v) is 11.4. The molecule has 212 valence electrons. The van der Waals surface area contributed by atoms with Crippen molar-refractivity contribution in [1.29, 1.82) is 0 Å². The monoisotopic (exact) mass is 579 g/mol. The van der Waals surface area contributed by atoms with Gasteiger partial charge in [-0.2, -0.15) is 13.2 Å². The summed E-state index contributed by atoms with van der Waals surface area (Å²) in [7, 11) is -4.39. The Morgan fingerprint density at radius 3 is 1.88 bits per heavy atom. The molecule has 0 unspecified atom stereocenters. The van der Waals surface area contributed by atoms with Crippen LogP contribution in [0.1, 0.15) is 33.1 Å². The lowest BCUT2D eigenvalue weighted by Crippen LogP contribution is -2.50. The van der Waals surface area contributed by atoms with Crippen molar-refractivity contribution in [3.05, 3.63) is 131 Å². The summed E-state index contributed by atoms with van der Waals surface area (Å²) in [5, 5.41) is 0. The van der Waals surface area contributed by atoms with Gasteiger partial charge in [0, 0.05) is 26.2 Å². The van der Waals surface area contributed by atoms with Gasteiger partial charge in [0.25, 0.3) is 15.9 Å². The number of amides is 1. The van der Waals surface area contributed by atoms with Gasteiger partial charge in [0.1, 0.15) is 0 Å². The summed E-state index contributed by atoms with van der Waals surface area (Å²) < 4.78 is 67.8. The lowest BCUT2D eigenvalue weighted by Gasteiger charge is -2.40. The van der Waals surface area contributed by atoms with Gasteiger partial charge in [-0.1, -0.05) is 78.9 Å². The molecule has 0 radical (unpaired) electrons. The first kappa shape index (κ1) is 28.4. The van der Waals surface area contributed by atoms with Crippen molar-refractivity contribution >= 4 is 21.6 Å². The molecule has 0 aliphatic carbocycles. The molecule has 1 saturated heterocycles. The number of carbonyl (C=O) groups excluding carboxylic acids is 1. The fourth-order valence-electron chi connectivity index (χ4n) is 5.04. The average Bonchev–Trinajstić information content (AvgIpc) is 2.98. The first-order chi connectivity index (χ1) is 19.6. The van der Waals surface area contributed by atoms with Crippen molar-refractivity contribution in [1.82, 2.24) is 9.80 Å². The first-order valence-electron chi connectivity index (χ1n) is 13.1. The highest BCUT2D eigenvalue weighted by molar-refractivity contribution is 7.92. The molecule has 1 N–H and O–H groups in total. The van der Waals surface area contributed by atoms with E-state index in [2.05, 4.69) is 33.9 Å². The number of sulfonamides is 1. The minimum absolute atomic E-state index is 0.00351. The maximum absolute atomic E-state index is 13.6. The van der Waals surface area contributed by atoms with Gasteiger partial charge in [0.15, 0.2) is 0 Å². The third-order valence-electron chi connectivity index (χ3n) is 7.07. The van der Waals surface area contributed by atoms with Gasteiger partial charge >= 0.3 is 6.18 Å². The molecule has 1 fully saturated rings. The van der Waals surface area contributed by atoms with Gasteiger partial charge in [-0.25, -0.2) is 8.42 Å². The molecule has 0 bridgehead atoms. The van der Waals surface area contributed by atoms with E-state index in [9.17, 15) is 26.4 Å². The van der Waals surface area contributed by atoms with Gasteiger partial charge < -0.3 is 4.90 Å². The SMILES string of the molecule is O=C(c1ccccc1NS(=O)(=O)c1cccc(C(F)(F)F)c1)N1CCN(C(c2ccccc2)c2ccccc2)CC1. The maximum atomic E-state index is 13.6. The molecule has 0 spiro atoms. The fraction of sp³-hybridized carbons (Fsp3) is 0.194. The third-order valence-corrected chi connectivity index (χ3v) is 8.43. The predicted octanol–water partition coefficient (Wildman–Crippen LogP) is 6.05. The zero-order valence-corrected chi connectivity index (χ0v) is 22.8. The first-order valence-corrected chi connectivity index (χ1v) is 14.5. The number of para-hydroxylation sites is 1. The Bertz CT molecular complexity index is 1570. The maximum Gasteiger partial charge on any atom is 0.416 e. The quantitative estimate of drug-likeness (QED) is 0.289. The highest BCUT2D eigenvalue weighted by atomic mass is 32.2. The standard InChI is InChI=1S/C31H28F3N3O3S/c32-31(33,34)25-14-9-15-26(22-25)41(39,40)35-28-17-8-7-16-27(28)30(38)37-20-18-36(19-21-37)29(23-10-3-1-4-11-23)24-12-5-2-6-13-24/h1-17,22,29,35H,18-21H2. The second-order valence-electron chi connectivity index (χ2n) is 9.73. The van der Waals surface area contributed by atoms with E-state index >= 15 is 0 Å². The molecule has 1 amide bonds. The Labute approximate surface area is 237 Å². The Morgan fingerprint density at radius 1 is 0.732 bits per heavy atom. The number of alkyl halides is 3. The zero-order chi connectivity index (χ0) is 29.0. The van der Waals surface area contributed by atoms with E-state index in [-0.39, 0.29) is 23.2 Å². The van der Waals surface area contributed by atoms with E-state index < -0.39 is 26.7 Å². The second kappa shape index (κ2) is 11.8. The summed E-state index contributed by atoms with van der Waals surface area (Å²) in [5.74, 6) is -0.358. The van der Waals surface area contributed by atoms with E-state index in [0.29, 0.717) is 32.2 Å². The van der Waals surface area contributed by atoms with E-state index in [1.54, 1.807) is 17.0 Å². The molecular formula is C31H28F3N3O3S. The van der Waals surface area contributed by atoms with E-state index in [4.69, 9.17) is 0 Å². The average molecular weight is 580 g/mol. The van der Waals surface area contributed by atoms with Crippen molar-refractivity contribution in [2.45, 2.75) is 17.1 Å². The Hall–Kier alpha value is -4.15. The van der Waals surface area contributed by atoms with Crippen molar-refractivity contribution in [3.8, 4) is 0 Å². The minimum Gasteiger partial charge on any atom is -0.336 e. The number of rotatable bonds is 7. The molecule has 0 saturated carbocycles. The number of hydrogen-bond acceptors (Lipinski definition) is 4. The van der Waals surface area contributed by atoms with Crippen LogP contribution in [0.2, 0.25) is 0 Å². The molecule has 1 heterocycles. The number of piperazine rings is 1. The smallest absolute Gasteiger partial charge is 0.336 e. The molecule has 10 heteroatoms. The third kappa shape index (κ3) is 6.44. The number of nitrogens with one attached hydrogen (secondary N) is 1. The van der Waals surface area contributed by atoms with Crippen LogP contribution in [0, 0.1) is 0 Å². The number of benzene rings is 4. The lowest BCUT2D eigenvalue weighted by atomic mass is 9.96. The molecular weight excluding hydrogens is 551 g/mol. The molecule has 0 atom stereocenters. The van der Waals surface area contributed by atoms with Crippen LogP contribution in [0.15, 0.2) is 114 Å². The molecule has 4 aromatic rings. The van der Waals surface area contributed by atoms with Gasteiger partial charge in [-0.15, -0.1) is 0 Å². The van der Waals surface area contributed by atoms with Crippen molar-refractivity contribution in [2.75, 3.05) is 30.9 Å². The number of nitrogens with zero attached hydrogens (tertiary/aromatic N) is 2. The molecule has 5 rings (SSSR count). The Morgan fingerprint density at radius 2 is 1.29 bits per heavy atom. The molecule has 1 aliphatic rings. The van der Waals surface area contributed by atoms with Crippen molar-refractivity contribution in [3.63, 3.8) is 0 Å². The fourth-order valence-corrected chi connectivity index (χ4v) is 6.17. The van der Waals surface area contributed by atoms with Crippen molar-refractivity contribution < 1.29 is 26.4 Å². The summed E-state index contributed by atoms with van der Waals surface area (Å²) in [5.41, 5.74) is 1.34. The van der Waals surface area contributed by atoms with Crippen LogP contribution in [0.25, 0.3) is 0 Å². The summed E-state index contributed by atoms with van der Waals surface area (Å²) in [4.78, 5) is 17.0. The Kier molecular flexibility index (Phi) is 8.14. The van der Waals surface area contributed by atoms with Crippen molar-refractivity contribution in [2.24, 2.45) is 0 Å². The molecule has 1 aliphatic heterocycles. The van der Waals surface area contributed by atoms with Gasteiger partial charge in [0.2, 0.25) is 0 Å². The molecule has 4 aromatic carbocycles. The topological polar surface area (TPSA) is 69.7 Å². The summed E-state index contributed by atoms with van der Waals surface area (Å²) in [6.07, 6.45) is -4.69. The largest absolute Gasteiger partial charge is 0.416 e. The van der Waals surface area contributed by atoms with Crippen LogP contribution in [0.4, 0.5) is 18.9 Å². The highest BCUT2D eigenvalue weighted by Crippen LogP contribution is 2.32. The van der Waals surface area contributed by atoms with Crippen LogP contribution in [0.3, 0.4) is 0 Å².